The summed E-state index contributed by atoms with van der Waals surface area (Å²) in [7, 11) is 0. The molecule has 0 spiro atoms. The fraction of sp³-hybridized carbons (Fsp3) is 0.294. The van der Waals surface area contributed by atoms with Crippen molar-refractivity contribution in [3.63, 3.8) is 0 Å². The molecule has 0 saturated heterocycles. The first kappa shape index (κ1) is 15.9. The quantitative estimate of drug-likeness (QED) is 0.754. The van der Waals surface area contributed by atoms with Crippen molar-refractivity contribution in [1.82, 2.24) is 19.6 Å². The Labute approximate surface area is 138 Å². The molecule has 0 aliphatic heterocycles. The van der Waals surface area contributed by atoms with Crippen molar-refractivity contribution < 1.29 is 4.79 Å². The molecule has 0 fully saturated rings. The van der Waals surface area contributed by atoms with E-state index in [1.807, 2.05) is 38.1 Å². The van der Waals surface area contributed by atoms with Gasteiger partial charge in [-0.15, -0.1) is 5.10 Å². The molecule has 0 unspecified atom stereocenters. The lowest BCUT2D eigenvalue weighted by Gasteiger charge is -2.05. The van der Waals surface area contributed by atoms with Crippen LogP contribution in [0.25, 0.3) is 17.2 Å². The van der Waals surface area contributed by atoms with Gasteiger partial charge in [0.2, 0.25) is 11.7 Å². The molecule has 7 nitrogen and oxygen atoms in total. The van der Waals surface area contributed by atoms with Gasteiger partial charge in [-0.1, -0.05) is 37.6 Å². The van der Waals surface area contributed by atoms with Gasteiger partial charge in [-0.2, -0.15) is 9.50 Å². The van der Waals surface area contributed by atoms with Gasteiger partial charge < -0.3 is 5.32 Å². The van der Waals surface area contributed by atoms with Crippen molar-refractivity contribution in [2.75, 3.05) is 5.32 Å². The van der Waals surface area contributed by atoms with Gasteiger partial charge in [0.15, 0.2) is 5.82 Å². The lowest BCUT2D eigenvalue weighted by atomic mass is 10.1. The number of nitrogens with one attached hydrogen (secondary N) is 2. The van der Waals surface area contributed by atoms with Crippen LogP contribution in [0.2, 0.25) is 0 Å². The van der Waals surface area contributed by atoms with E-state index in [0.717, 1.165) is 24.0 Å². The number of aromatic nitrogens is 4. The van der Waals surface area contributed by atoms with Crippen LogP contribution in [0.3, 0.4) is 0 Å². The Hall–Kier alpha value is -2.96. The van der Waals surface area contributed by atoms with Crippen molar-refractivity contribution in [1.29, 1.82) is 0 Å². The number of H-pyrrole nitrogens is 1. The molecule has 124 valence electrons. The zero-order valence-corrected chi connectivity index (χ0v) is 13.7. The van der Waals surface area contributed by atoms with E-state index in [1.165, 1.54) is 10.6 Å². The standard InChI is InChI=1S/C17H19N5O2/c1-3-4-9-14(23)18-13-10-15(24)19-17-20-16(21-22(13)17)12-8-6-5-7-11(12)2/h5-8,10H,3-4,9H2,1-2H3,(H,18,23)(H,19,20,21,24). The van der Waals surface area contributed by atoms with Crippen molar-refractivity contribution in [2.45, 2.75) is 33.1 Å². The van der Waals surface area contributed by atoms with Gasteiger partial charge in [-0.05, 0) is 18.9 Å². The Morgan fingerprint density at radius 2 is 2.12 bits per heavy atom. The SMILES string of the molecule is CCCCC(=O)Nc1cc(=O)[nH]c2nc(-c3ccccc3C)nn12. The highest BCUT2D eigenvalue weighted by molar-refractivity contribution is 5.90. The monoisotopic (exact) mass is 325 g/mol. The average molecular weight is 325 g/mol. The fourth-order valence-electron chi connectivity index (χ4n) is 2.46. The van der Waals surface area contributed by atoms with Gasteiger partial charge in [0.1, 0.15) is 5.82 Å². The van der Waals surface area contributed by atoms with Crippen LogP contribution >= 0.6 is 0 Å². The summed E-state index contributed by atoms with van der Waals surface area (Å²) >= 11 is 0. The maximum Gasteiger partial charge on any atom is 0.254 e. The Balaban J connectivity index is 2.03. The number of amides is 1. The summed E-state index contributed by atoms with van der Waals surface area (Å²) < 4.78 is 1.45. The summed E-state index contributed by atoms with van der Waals surface area (Å²) in [5, 5.41) is 7.18. The molecule has 0 radical (unpaired) electrons. The zero-order chi connectivity index (χ0) is 17.1. The molecule has 3 rings (SSSR count). The third kappa shape index (κ3) is 3.19. The van der Waals surface area contributed by atoms with Crippen molar-refractivity contribution in [2.24, 2.45) is 0 Å². The van der Waals surface area contributed by atoms with Crippen LogP contribution in [-0.4, -0.2) is 25.5 Å². The van der Waals surface area contributed by atoms with Crippen LogP contribution in [0.1, 0.15) is 31.7 Å². The summed E-state index contributed by atoms with van der Waals surface area (Å²) in [6, 6.07) is 9.05. The lowest BCUT2D eigenvalue weighted by Crippen LogP contribution is -2.18. The second kappa shape index (κ2) is 6.66. The van der Waals surface area contributed by atoms with E-state index >= 15 is 0 Å². The lowest BCUT2D eigenvalue weighted by molar-refractivity contribution is -0.116. The largest absolute Gasteiger partial charge is 0.310 e. The van der Waals surface area contributed by atoms with Gasteiger partial charge in [-0.3, -0.25) is 14.6 Å². The molecule has 7 heteroatoms. The second-order valence-electron chi connectivity index (χ2n) is 5.66. The van der Waals surface area contributed by atoms with Crippen molar-refractivity contribution in [3.05, 3.63) is 46.2 Å². The Bertz CT molecular complexity index is 942. The van der Waals surface area contributed by atoms with E-state index < -0.39 is 0 Å². The number of rotatable bonds is 5. The summed E-state index contributed by atoms with van der Waals surface area (Å²) in [5.74, 6) is 0.976. The van der Waals surface area contributed by atoms with Crippen molar-refractivity contribution in [3.8, 4) is 11.4 Å². The number of carbonyl (C=O) groups excluding carboxylic acids is 1. The highest BCUT2D eigenvalue weighted by Gasteiger charge is 2.13. The molecule has 1 amide bonds. The highest BCUT2D eigenvalue weighted by atomic mass is 16.2. The minimum Gasteiger partial charge on any atom is -0.310 e. The van der Waals surface area contributed by atoms with E-state index in [9.17, 15) is 9.59 Å². The minimum absolute atomic E-state index is 0.142. The first-order chi connectivity index (χ1) is 11.6. The molecule has 1 aromatic carbocycles. The molecule has 2 aromatic heterocycles. The van der Waals surface area contributed by atoms with Gasteiger partial charge in [-0.25, -0.2) is 0 Å². The number of benzene rings is 1. The topological polar surface area (TPSA) is 92.1 Å². The maximum atomic E-state index is 12.0. The number of nitrogens with zero attached hydrogens (tertiary/aromatic N) is 3. The van der Waals surface area contributed by atoms with Gasteiger partial charge in [0.25, 0.3) is 5.56 Å². The number of aryl methyl sites for hydroxylation is 1. The third-order valence-electron chi connectivity index (χ3n) is 3.75. The van der Waals surface area contributed by atoms with E-state index in [-0.39, 0.29) is 11.5 Å². The molecule has 0 atom stereocenters. The molecule has 0 saturated carbocycles. The number of aromatic amines is 1. The number of unbranched alkanes of at least 4 members (excludes halogenated alkanes) is 1. The van der Waals surface area contributed by atoms with Gasteiger partial charge in [0, 0.05) is 18.1 Å². The predicted octanol–water partition coefficient (Wildman–Crippen LogP) is 2.52. The molecule has 3 aromatic rings. The number of anilines is 1. The zero-order valence-electron chi connectivity index (χ0n) is 13.7. The molecule has 2 N–H and O–H groups in total. The summed E-state index contributed by atoms with van der Waals surface area (Å²) in [6.45, 7) is 3.99. The third-order valence-corrected chi connectivity index (χ3v) is 3.75. The molecule has 24 heavy (non-hydrogen) atoms. The van der Waals surface area contributed by atoms with Crippen LogP contribution in [0.15, 0.2) is 35.1 Å². The highest BCUT2D eigenvalue weighted by Crippen LogP contribution is 2.20. The molecule has 0 aliphatic carbocycles. The molecular formula is C17H19N5O2. The van der Waals surface area contributed by atoms with Crippen LogP contribution in [0, 0.1) is 6.92 Å². The second-order valence-corrected chi connectivity index (χ2v) is 5.66. The molecular weight excluding hydrogens is 306 g/mol. The predicted molar refractivity (Wildman–Crippen MR) is 91.9 cm³/mol. The van der Waals surface area contributed by atoms with E-state index in [1.54, 1.807) is 0 Å². The molecule has 0 bridgehead atoms. The van der Waals surface area contributed by atoms with Crippen molar-refractivity contribution >= 4 is 17.5 Å². The average Bonchev–Trinajstić information content (AvgIpc) is 2.97. The van der Waals surface area contributed by atoms with Gasteiger partial charge >= 0.3 is 0 Å². The van der Waals surface area contributed by atoms with E-state index in [2.05, 4.69) is 20.4 Å². The molecule has 2 heterocycles. The number of fused-ring (bicyclic) bond motifs is 1. The smallest absolute Gasteiger partial charge is 0.254 e. The van der Waals surface area contributed by atoms with Crippen LogP contribution in [0.5, 0.6) is 0 Å². The number of carbonyl (C=O) groups is 1. The summed E-state index contributed by atoms with van der Waals surface area (Å²) in [4.78, 5) is 30.8. The summed E-state index contributed by atoms with van der Waals surface area (Å²) in [6.07, 6.45) is 2.13. The van der Waals surface area contributed by atoms with Crippen LogP contribution in [-0.2, 0) is 4.79 Å². The normalized spacial score (nSPS) is 10.9. The van der Waals surface area contributed by atoms with Gasteiger partial charge in [0.05, 0.1) is 0 Å². The number of hydrogen-bond acceptors (Lipinski definition) is 4. The Morgan fingerprint density at radius 3 is 2.88 bits per heavy atom. The van der Waals surface area contributed by atoms with E-state index in [4.69, 9.17) is 0 Å². The van der Waals surface area contributed by atoms with Crippen LogP contribution < -0.4 is 10.9 Å². The Morgan fingerprint density at radius 1 is 1.33 bits per heavy atom. The Kier molecular flexibility index (Phi) is 4.41. The minimum atomic E-state index is -0.336. The number of hydrogen-bond donors (Lipinski definition) is 2. The first-order valence-corrected chi connectivity index (χ1v) is 7.94. The van der Waals surface area contributed by atoms with E-state index in [0.29, 0.717) is 23.8 Å². The maximum absolute atomic E-state index is 12.0. The first-order valence-electron chi connectivity index (χ1n) is 7.94. The summed E-state index contributed by atoms with van der Waals surface area (Å²) in [5.41, 5.74) is 1.58. The fourth-order valence-corrected chi connectivity index (χ4v) is 2.46. The molecule has 0 aliphatic rings. The van der Waals surface area contributed by atoms with Crippen LogP contribution in [0.4, 0.5) is 5.82 Å².